The van der Waals surface area contributed by atoms with Crippen LogP contribution in [0.3, 0.4) is 0 Å². The van der Waals surface area contributed by atoms with Crippen LogP contribution in [0, 0.1) is 12.8 Å². The van der Waals surface area contributed by atoms with E-state index in [4.69, 9.17) is 4.74 Å². The van der Waals surface area contributed by atoms with E-state index >= 15 is 0 Å². The first-order valence-corrected chi connectivity index (χ1v) is 8.84. The van der Waals surface area contributed by atoms with E-state index in [9.17, 15) is 14.7 Å². The largest absolute Gasteiger partial charge is 0.444 e. The second-order valence-electron chi connectivity index (χ2n) is 7.27. The first-order chi connectivity index (χ1) is 11.0. The van der Waals surface area contributed by atoms with Gasteiger partial charge in [0.05, 0.1) is 0 Å². The van der Waals surface area contributed by atoms with Crippen LogP contribution >= 0.6 is 11.3 Å². The third kappa shape index (κ3) is 5.56. The van der Waals surface area contributed by atoms with E-state index in [1.54, 1.807) is 14.0 Å². The van der Waals surface area contributed by atoms with E-state index in [-0.39, 0.29) is 12.0 Å². The molecule has 1 aromatic rings. The number of carbonyl (C=O) groups is 2. The summed E-state index contributed by atoms with van der Waals surface area (Å²) in [7, 11) is 1.68. The molecule has 0 unspecified atom stereocenters. The molecule has 1 amide bonds. The van der Waals surface area contributed by atoms with Crippen molar-refractivity contribution in [1.82, 2.24) is 9.88 Å². The quantitative estimate of drug-likeness (QED) is 0.788. The number of hydrogen-bond acceptors (Lipinski definition) is 6. The normalized spacial score (nSPS) is 14.4. The number of carbonyl (C=O) groups excluding carboxylic acids is 2. The number of amides is 1. The standard InChI is InChI=1S/C17H28N2O4S/c1-10(2)13(19(7)16(22)23-17(4,5)6)8-14(21)15-18-12(9-20)11(3)24-15/h9-10,13-14,21H,8H2,1-7H3/t13-,14-/m1/s1. The van der Waals surface area contributed by atoms with Crippen LogP contribution in [0.5, 0.6) is 0 Å². The summed E-state index contributed by atoms with van der Waals surface area (Å²) < 4.78 is 5.40. The molecule has 0 fully saturated rings. The number of aliphatic hydroxyl groups is 1. The maximum absolute atomic E-state index is 12.3. The number of hydrogen-bond donors (Lipinski definition) is 1. The van der Waals surface area contributed by atoms with Crippen molar-refractivity contribution in [2.45, 2.75) is 65.7 Å². The van der Waals surface area contributed by atoms with Gasteiger partial charge in [-0.1, -0.05) is 13.8 Å². The van der Waals surface area contributed by atoms with E-state index in [1.165, 1.54) is 16.2 Å². The van der Waals surface area contributed by atoms with Crippen LogP contribution in [0.4, 0.5) is 4.79 Å². The maximum atomic E-state index is 12.3. The van der Waals surface area contributed by atoms with Crippen molar-refractivity contribution in [3.63, 3.8) is 0 Å². The lowest BCUT2D eigenvalue weighted by Gasteiger charge is -2.34. The van der Waals surface area contributed by atoms with Crippen molar-refractivity contribution in [2.75, 3.05) is 7.05 Å². The molecule has 0 aliphatic carbocycles. The van der Waals surface area contributed by atoms with Gasteiger partial charge in [-0.05, 0) is 33.6 Å². The van der Waals surface area contributed by atoms with Gasteiger partial charge < -0.3 is 14.7 Å². The third-order valence-electron chi connectivity index (χ3n) is 3.66. The number of thiazole rings is 1. The molecule has 0 radical (unpaired) electrons. The molecule has 1 aromatic heterocycles. The number of ether oxygens (including phenoxy) is 1. The summed E-state index contributed by atoms with van der Waals surface area (Å²) >= 11 is 1.30. The summed E-state index contributed by atoms with van der Waals surface area (Å²) in [6, 6.07) is -0.210. The molecule has 0 aliphatic heterocycles. The summed E-state index contributed by atoms with van der Waals surface area (Å²) in [4.78, 5) is 29.7. The van der Waals surface area contributed by atoms with Crippen molar-refractivity contribution < 1.29 is 19.4 Å². The van der Waals surface area contributed by atoms with E-state index in [2.05, 4.69) is 4.98 Å². The topological polar surface area (TPSA) is 79.7 Å². The smallest absolute Gasteiger partial charge is 0.410 e. The Morgan fingerprint density at radius 3 is 2.42 bits per heavy atom. The molecule has 0 aromatic carbocycles. The van der Waals surface area contributed by atoms with E-state index in [0.29, 0.717) is 23.4 Å². The fourth-order valence-corrected chi connectivity index (χ4v) is 3.25. The highest BCUT2D eigenvalue weighted by Crippen LogP contribution is 2.29. The Kier molecular flexibility index (Phi) is 6.92. The molecule has 0 spiro atoms. The second kappa shape index (κ2) is 8.07. The maximum Gasteiger partial charge on any atom is 0.410 e. The lowest BCUT2D eigenvalue weighted by Crippen LogP contribution is -2.44. The third-order valence-corrected chi connectivity index (χ3v) is 4.75. The van der Waals surface area contributed by atoms with Gasteiger partial charge in [0.1, 0.15) is 22.4 Å². The lowest BCUT2D eigenvalue weighted by molar-refractivity contribution is 0.0106. The summed E-state index contributed by atoms with van der Waals surface area (Å²) in [5.41, 5.74) is -0.216. The average Bonchev–Trinajstić information content (AvgIpc) is 2.82. The van der Waals surface area contributed by atoms with Gasteiger partial charge >= 0.3 is 6.09 Å². The molecule has 0 saturated heterocycles. The zero-order chi connectivity index (χ0) is 18.7. The minimum Gasteiger partial charge on any atom is -0.444 e. The van der Waals surface area contributed by atoms with Gasteiger partial charge in [-0.3, -0.25) is 4.79 Å². The Bertz CT molecular complexity index is 578. The first kappa shape index (κ1) is 20.6. The van der Waals surface area contributed by atoms with Crippen LogP contribution in [0.2, 0.25) is 0 Å². The highest BCUT2D eigenvalue weighted by atomic mass is 32.1. The van der Waals surface area contributed by atoms with Gasteiger partial charge in [-0.25, -0.2) is 9.78 Å². The van der Waals surface area contributed by atoms with E-state index in [0.717, 1.165) is 4.88 Å². The number of rotatable bonds is 6. The highest BCUT2D eigenvalue weighted by Gasteiger charge is 2.30. The SMILES string of the molecule is Cc1sc([C@H](O)C[C@H](C(C)C)N(C)C(=O)OC(C)(C)C)nc1C=O. The molecule has 136 valence electrons. The lowest BCUT2D eigenvalue weighted by atomic mass is 9.97. The molecular weight excluding hydrogens is 328 g/mol. The van der Waals surface area contributed by atoms with Crippen molar-refractivity contribution in [1.29, 1.82) is 0 Å². The molecule has 1 heterocycles. The highest BCUT2D eigenvalue weighted by molar-refractivity contribution is 7.11. The van der Waals surface area contributed by atoms with Gasteiger partial charge in [-0.15, -0.1) is 11.3 Å². The van der Waals surface area contributed by atoms with Gasteiger partial charge in [0.15, 0.2) is 6.29 Å². The second-order valence-corrected chi connectivity index (χ2v) is 8.50. The summed E-state index contributed by atoms with van der Waals surface area (Å²) in [5.74, 6) is 0.128. The predicted octanol–water partition coefficient (Wildman–Crippen LogP) is 3.58. The zero-order valence-corrected chi connectivity index (χ0v) is 16.3. The van der Waals surface area contributed by atoms with Crippen LogP contribution < -0.4 is 0 Å². The molecule has 1 rings (SSSR count). The summed E-state index contributed by atoms with van der Waals surface area (Å²) in [5, 5.41) is 11.0. The Hall–Kier alpha value is -1.47. The molecule has 7 heteroatoms. The minimum absolute atomic E-state index is 0.128. The zero-order valence-electron chi connectivity index (χ0n) is 15.5. The molecule has 2 atom stereocenters. The molecule has 1 N–H and O–H groups in total. The number of aliphatic hydroxyl groups excluding tert-OH is 1. The van der Waals surface area contributed by atoms with Gasteiger partial charge in [-0.2, -0.15) is 0 Å². The number of nitrogens with zero attached hydrogens (tertiary/aromatic N) is 2. The molecule has 24 heavy (non-hydrogen) atoms. The summed E-state index contributed by atoms with van der Waals surface area (Å²) in [6.45, 7) is 11.2. The molecule has 6 nitrogen and oxygen atoms in total. The van der Waals surface area contributed by atoms with Crippen molar-refractivity contribution >= 4 is 23.7 Å². The van der Waals surface area contributed by atoms with Gasteiger partial charge in [0, 0.05) is 24.4 Å². The number of aromatic nitrogens is 1. The Morgan fingerprint density at radius 1 is 1.42 bits per heavy atom. The molecule has 0 aliphatic rings. The van der Waals surface area contributed by atoms with Crippen LogP contribution in [0.1, 0.15) is 67.5 Å². The van der Waals surface area contributed by atoms with E-state index in [1.807, 2.05) is 34.6 Å². The number of aryl methyl sites for hydroxylation is 1. The molecule has 0 saturated carbocycles. The molecular formula is C17H28N2O4S. The monoisotopic (exact) mass is 356 g/mol. The Labute approximate surface area is 147 Å². The fourth-order valence-electron chi connectivity index (χ4n) is 2.36. The van der Waals surface area contributed by atoms with Crippen molar-refractivity contribution in [3.8, 4) is 0 Å². The Morgan fingerprint density at radius 2 is 2.00 bits per heavy atom. The van der Waals surface area contributed by atoms with Crippen molar-refractivity contribution in [2.24, 2.45) is 5.92 Å². The van der Waals surface area contributed by atoms with Crippen LogP contribution in [-0.2, 0) is 4.74 Å². The van der Waals surface area contributed by atoms with E-state index < -0.39 is 17.8 Å². The van der Waals surface area contributed by atoms with Gasteiger partial charge in [0.2, 0.25) is 0 Å². The minimum atomic E-state index is -0.834. The Balaban J connectivity index is 2.88. The van der Waals surface area contributed by atoms with Gasteiger partial charge in [0.25, 0.3) is 0 Å². The van der Waals surface area contributed by atoms with Crippen LogP contribution in [-0.4, -0.2) is 46.1 Å². The van der Waals surface area contributed by atoms with Crippen LogP contribution in [0.25, 0.3) is 0 Å². The summed E-state index contributed by atoms with van der Waals surface area (Å²) in [6.07, 6.45) is -0.231. The molecule has 0 bridgehead atoms. The number of aldehydes is 1. The fraction of sp³-hybridized carbons (Fsp3) is 0.706. The van der Waals surface area contributed by atoms with Crippen molar-refractivity contribution in [3.05, 3.63) is 15.6 Å². The predicted molar refractivity (Wildman–Crippen MR) is 94.4 cm³/mol. The average molecular weight is 356 g/mol. The first-order valence-electron chi connectivity index (χ1n) is 8.02. The van der Waals surface area contributed by atoms with Crippen LogP contribution in [0.15, 0.2) is 0 Å².